The van der Waals surface area contributed by atoms with Gasteiger partial charge in [0, 0.05) is 30.8 Å². The van der Waals surface area contributed by atoms with Crippen molar-refractivity contribution < 1.29 is 19.2 Å². The molecule has 2 aromatic carbocycles. The minimum absolute atomic E-state index is 0.108. The number of amides is 5. The van der Waals surface area contributed by atoms with Crippen molar-refractivity contribution in [3.8, 4) is 0 Å². The molecule has 8 nitrogen and oxygen atoms in total. The van der Waals surface area contributed by atoms with Crippen LogP contribution in [0.15, 0.2) is 54.6 Å². The number of carbonyl (C=O) groups excluding carboxylic acids is 4. The van der Waals surface area contributed by atoms with E-state index in [-0.39, 0.29) is 31.2 Å². The van der Waals surface area contributed by atoms with Crippen LogP contribution in [0.25, 0.3) is 0 Å². The summed E-state index contributed by atoms with van der Waals surface area (Å²) in [6, 6.07) is 15.2. The Bertz CT molecular complexity index is 978. The number of hydrogen-bond acceptors (Lipinski definition) is 4. The summed E-state index contributed by atoms with van der Waals surface area (Å²) in [4.78, 5) is 49.9. The molecule has 1 saturated heterocycles. The lowest BCUT2D eigenvalue weighted by molar-refractivity contribution is -0.132. The first-order valence-corrected chi connectivity index (χ1v) is 9.78. The van der Waals surface area contributed by atoms with Gasteiger partial charge in [-0.2, -0.15) is 5.32 Å². The van der Waals surface area contributed by atoms with Crippen molar-refractivity contribution in [1.82, 2.24) is 10.2 Å². The molecule has 1 heterocycles. The molecule has 2 aromatic rings. The SMILES string of the molecule is O=C1CCC2(CC1)C(=O)[N]C(=O)N2Cc1ccc(NC(=O)Nc2ccccc2)cc1. The third-order valence-corrected chi connectivity index (χ3v) is 5.56. The molecule has 8 heteroatoms. The molecule has 1 aliphatic carbocycles. The summed E-state index contributed by atoms with van der Waals surface area (Å²) in [7, 11) is 0. The second-order valence-electron chi connectivity index (χ2n) is 7.50. The molecular weight excluding hydrogens is 384 g/mol. The number of nitrogens with one attached hydrogen (secondary N) is 2. The maximum Gasteiger partial charge on any atom is 0.347 e. The number of rotatable bonds is 4. The van der Waals surface area contributed by atoms with Crippen molar-refractivity contribution in [2.75, 3.05) is 10.6 Å². The molecule has 1 saturated carbocycles. The zero-order valence-electron chi connectivity index (χ0n) is 16.3. The highest BCUT2D eigenvalue weighted by atomic mass is 16.2. The van der Waals surface area contributed by atoms with Crippen LogP contribution in [0.2, 0.25) is 0 Å². The summed E-state index contributed by atoms with van der Waals surface area (Å²) in [6.45, 7) is 0.221. The van der Waals surface area contributed by atoms with E-state index in [4.69, 9.17) is 0 Å². The van der Waals surface area contributed by atoms with E-state index in [0.29, 0.717) is 24.2 Å². The van der Waals surface area contributed by atoms with Crippen LogP contribution in [0.5, 0.6) is 0 Å². The Morgan fingerprint density at radius 1 is 0.900 bits per heavy atom. The van der Waals surface area contributed by atoms with Crippen LogP contribution in [0.3, 0.4) is 0 Å². The van der Waals surface area contributed by atoms with E-state index in [1.165, 1.54) is 4.90 Å². The van der Waals surface area contributed by atoms with Gasteiger partial charge in [-0.15, -0.1) is 0 Å². The zero-order chi connectivity index (χ0) is 21.1. The summed E-state index contributed by atoms with van der Waals surface area (Å²) in [6.07, 6.45) is 1.20. The number of ketones is 1. The van der Waals surface area contributed by atoms with Crippen LogP contribution in [-0.2, 0) is 16.1 Å². The van der Waals surface area contributed by atoms with Crippen LogP contribution in [0, 0.1) is 0 Å². The number of Topliss-reactive ketones (excluding diaryl/α,β-unsaturated/α-hetero) is 1. The predicted octanol–water partition coefficient (Wildman–Crippen LogP) is 3.28. The van der Waals surface area contributed by atoms with E-state index < -0.39 is 17.5 Å². The Hall–Kier alpha value is -3.68. The van der Waals surface area contributed by atoms with Crippen LogP contribution < -0.4 is 16.0 Å². The fraction of sp³-hybridized carbons (Fsp3) is 0.273. The molecule has 2 aliphatic rings. The molecule has 0 atom stereocenters. The van der Waals surface area contributed by atoms with Crippen molar-refractivity contribution in [2.45, 2.75) is 37.8 Å². The summed E-state index contributed by atoms with van der Waals surface area (Å²) < 4.78 is 0. The first-order chi connectivity index (χ1) is 14.5. The zero-order valence-corrected chi connectivity index (χ0v) is 16.3. The minimum atomic E-state index is -1.00. The molecule has 153 valence electrons. The summed E-state index contributed by atoms with van der Waals surface area (Å²) >= 11 is 0. The van der Waals surface area contributed by atoms with Crippen LogP contribution >= 0.6 is 0 Å². The van der Waals surface area contributed by atoms with Crippen molar-refractivity contribution >= 4 is 35.1 Å². The number of urea groups is 2. The van der Waals surface area contributed by atoms with Gasteiger partial charge in [-0.1, -0.05) is 30.3 Å². The normalized spacial score (nSPS) is 17.7. The number of benzene rings is 2. The number of carbonyl (C=O) groups is 4. The van der Waals surface area contributed by atoms with Crippen LogP contribution in [0.4, 0.5) is 21.0 Å². The van der Waals surface area contributed by atoms with Gasteiger partial charge in [-0.3, -0.25) is 9.59 Å². The summed E-state index contributed by atoms with van der Waals surface area (Å²) in [5, 5.41) is 9.12. The van der Waals surface area contributed by atoms with Gasteiger partial charge in [-0.05, 0) is 42.7 Å². The first kappa shape index (κ1) is 19.6. The van der Waals surface area contributed by atoms with Crippen molar-refractivity contribution in [2.24, 2.45) is 0 Å². The molecule has 5 amide bonds. The smallest absolute Gasteiger partial charge is 0.308 e. The second-order valence-corrected chi connectivity index (χ2v) is 7.50. The van der Waals surface area contributed by atoms with Crippen molar-refractivity contribution in [1.29, 1.82) is 0 Å². The highest BCUT2D eigenvalue weighted by molar-refractivity contribution is 6.07. The lowest BCUT2D eigenvalue weighted by atomic mass is 9.80. The van der Waals surface area contributed by atoms with Gasteiger partial charge in [0.15, 0.2) is 0 Å². The monoisotopic (exact) mass is 405 g/mol. The molecule has 0 unspecified atom stereocenters. The Balaban J connectivity index is 1.41. The van der Waals surface area contributed by atoms with E-state index >= 15 is 0 Å². The van der Waals surface area contributed by atoms with Gasteiger partial charge in [0.1, 0.15) is 11.3 Å². The summed E-state index contributed by atoms with van der Waals surface area (Å²) in [5.41, 5.74) is 1.08. The highest BCUT2D eigenvalue weighted by Gasteiger charge is 2.55. The molecule has 0 bridgehead atoms. The van der Waals surface area contributed by atoms with Gasteiger partial charge in [0.2, 0.25) is 0 Å². The number of nitrogens with zero attached hydrogens (tertiary/aromatic N) is 2. The average molecular weight is 405 g/mol. The van der Waals surface area contributed by atoms with E-state index in [2.05, 4.69) is 16.0 Å². The standard InChI is InChI=1S/C22H21N4O4/c27-18-10-12-22(13-11-18)19(28)25-21(30)26(22)14-15-6-8-17(9-7-15)24-20(29)23-16-4-2-1-3-5-16/h1-9H,10-14H2,(H2,23,24,29). The Kier molecular flexibility index (Phi) is 5.22. The molecule has 0 aromatic heterocycles. The maximum absolute atomic E-state index is 12.4. The van der Waals surface area contributed by atoms with Crippen molar-refractivity contribution in [3.63, 3.8) is 0 Å². The van der Waals surface area contributed by atoms with Gasteiger partial charge in [-0.25, -0.2) is 9.59 Å². The quantitative estimate of drug-likeness (QED) is 0.761. The van der Waals surface area contributed by atoms with Crippen molar-refractivity contribution in [3.05, 3.63) is 60.2 Å². The van der Waals surface area contributed by atoms with E-state index in [0.717, 1.165) is 5.56 Å². The number of anilines is 2. The van der Waals surface area contributed by atoms with E-state index in [9.17, 15) is 19.2 Å². The van der Waals surface area contributed by atoms with Crippen LogP contribution in [-0.4, -0.2) is 34.2 Å². The van der Waals surface area contributed by atoms with E-state index in [1.54, 1.807) is 36.4 Å². The molecule has 2 N–H and O–H groups in total. The lowest BCUT2D eigenvalue weighted by Gasteiger charge is -2.37. The number of para-hydroxylation sites is 1. The topological polar surface area (TPSA) is 110 Å². The lowest BCUT2D eigenvalue weighted by Crippen LogP contribution is -2.51. The van der Waals surface area contributed by atoms with Gasteiger partial charge < -0.3 is 15.5 Å². The molecule has 1 radical (unpaired) electrons. The third kappa shape index (κ3) is 3.89. The van der Waals surface area contributed by atoms with Gasteiger partial charge in [0.05, 0.1) is 0 Å². The average Bonchev–Trinajstić information content (AvgIpc) is 2.96. The maximum atomic E-state index is 12.4. The fourth-order valence-corrected chi connectivity index (χ4v) is 3.89. The number of imide groups is 1. The van der Waals surface area contributed by atoms with Gasteiger partial charge in [0.25, 0.3) is 5.91 Å². The minimum Gasteiger partial charge on any atom is -0.308 e. The predicted molar refractivity (Wildman–Crippen MR) is 110 cm³/mol. The first-order valence-electron chi connectivity index (χ1n) is 9.78. The van der Waals surface area contributed by atoms with Crippen LogP contribution in [0.1, 0.15) is 31.2 Å². The summed E-state index contributed by atoms with van der Waals surface area (Å²) in [5.74, 6) is -0.340. The Morgan fingerprint density at radius 3 is 2.13 bits per heavy atom. The fourth-order valence-electron chi connectivity index (χ4n) is 3.89. The Morgan fingerprint density at radius 2 is 1.50 bits per heavy atom. The molecule has 1 aliphatic heterocycles. The van der Waals surface area contributed by atoms with Gasteiger partial charge >= 0.3 is 12.1 Å². The highest BCUT2D eigenvalue weighted by Crippen LogP contribution is 2.37. The number of hydrogen-bond donors (Lipinski definition) is 2. The molecule has 30 heavy (non-hydrogen) atoms. The third-order valence-electron chi connectivity index (χ3n) is 5.56. The van der Waals surface area contributed by atoms with E-state index in [1.807, 2.05) is 18.2 Å². The molecular formula is C22H21N4O4. The molecule has 1 spiro atoms. The largest absolute Gasteiger partial charge is 0.347 e. The molecule has 2 fully saturated rings. The second kappa shape index (κ2) is 7.98. The Labute approximate surface area is 173 Å². The molecule has 4 rings (SSSR count).